The maximum absolute atomic E-state index is 12.3. The predicted molar refractivity (Wildman–Crippen MR) is 149 cm³/mol. The summed E-state index contributed by atoms with van der Waals surface area (Å²) in [5.41, 5.74) is 12.5. The molecular formula is C28H40N6O3. The highest BCUT2D eigenvalue weighted by atomic mass is 16.5. The number of amides is 1. The van der Waals surface area contributed by atoms with Gasteiger partial charge in [0.25, 0.3) is 5.91 Å². The van der Waals surface area contributed by atoms with Gasteiger partial charge in [-0.3, -0.25) is 14.8 Å². The molecule has 1 aromatic carbocycles. The first-order valence-electron chi connectivity index (χ1n) is 12.7. The topological polar surface area (TPSA) is 105 Å². The van der Waals surface area contributed by atoms with Crippen LogP contribution in [0.5, 0.6) is 0 Å². The van der Waals surface area contributed by atoms with Crippen molar-refractivity contribution in [1.82, 2.24) is 9.80 Å². The maximum atomic E-state index is 12.3. The number of benzene rings is 1. The number of amidine groups is 1. The molecule has 3 rings (SSSR count). The number of hydrogen-bond acceptors (Lipinski definition) is 7. The van der Waals surface area contributed by atoms with E-state index >= 15 is 0 Å². The Morgan fingerprint density at radius 1 is 1.41 bits per heavy atom. The first-order valence-corrected chi connectivity index (χ1v) is 12.7. The molecule has 9 nitrogen and oxygen atoms in total. The second kappa shape index (κ2) is 13.3. The van der Waals surface area contributed by atoms with Crippen LogP contribution >= 0.6 is 0 Å². The van der Waals surface area contributed by atoms with Gasteiger partial charge in [0.1, 0.15) is 12.6 Å². The minimum atomic E-state index is -0.248. The standard InChI is InChI=1S/C28H40N6O3/c1-7-21-19(2)10-8-11-22(21)26-15-25(30-3)23(17-37-26)27(32-18-36-6)34-13-9-12-31-20(16-34)14-24(29)28(35)33(4)5/h8,10-11,14,26H,3,7,9,12-13,15-18,29H2,1-2,4-6H3/b24-14-,32-27+. The first kappa shape index (κ1) is 28.3. The van der Waals surface area contributed by atoms with Crippen LogP contribution in [0, 0.1) is 6.92 Å². The second-order valence-electron chi connectivity index (χ2n) is 9.43. The van der Waals surface area contributed by atoms with E-state index in [1.165, 1.54) is 21.6 Å². The van der Waals surface area contributed by atoms with Gasteiger partial charge in [-0.2, -0.15) is 0 Å². The van der Waals surface area contributed by atoms with Gasteiger partial charge < -0.3 is 25.0 Å². The van der Waals surface area contributed by atoms with E-state index < -0.39 is 0 Å². The zero-order valence-electron chi connectivity index (χ0n) is 22.8. The van der Waals surface area contributed by atoms with Gasteiger partial charge in [0.2, 0.25) is 0 Å². The highest BCUT2D eigenvalue weighted by molar-refractivity contribution is 6.07. The van der Waals surface area contributed by atoms with Crippen LogP contribution in [-0.2, 0) is 20.7 Å². The van der Waals surface area contributed by atoms with Gasteiger partial charge in [-0.15, -0.1) is 0 Å². The van der Waals surface area contributed by atoms with E-state index in [2.05, 4.69) is 53.6 Å². The lowest BCUT2D eigenvalue weighted by Gasteiger charge is -2.32. The molecule has 2 heterocycles. The molecule has 2 N–H and O–H groups in total. The van der Waals surface area contributed by atoms with Crippen molar-refractivity contribution in [3.8, 4) is 0 Å². The van der Waals surface area contributed by atoms with Crippen LogP contribution in [0.1, 0.15) is 42.6 Å². The molecule has 9 heteroatoms. The molecule has 37 heavy (non-hydrogen) atoms. The molecule has 1 amide bonds. The van der Waals surface area contributed by atoms with E-state index in [9.17, 15) is 4.79 Å². The largest absolute Gasteiger partial charge is 0.394 e. The van der Waals surface area contributed by atoms with Gasteiger partial charge in [-0.1, -0.05) is 25.1 Å². The fourth-order valence-corrected chi connectivity index (χ4v) is 4.78. The summed E-state index contributed by atoms with van der Waals surface area (Å²) in [7, 11) is 4.96. The van der Waals surface area contributed by atoms with Crippen molar-refractivity contribution >= 4 is 24.2 Å². The fraction of sp³-hybridized carbons (Fsp3) is 0.500. The molecule has 2 aliphatic rings. The summed E-state index contributed by atoms with van der Waals surface area (Å²) in [6, 6.07) is 6.36. The van der Waals surface area contributed by atoms with E-state index in [1.54, 1.807) is 27.3 Å². The van der Waals surface area contributed by atoms with Crippen molar-refractivity contribution in [2.45, 2.75) is 39.2 Å². The third kappa shape index (κ3) is 6.93. The number of nitrogens with two attached hydrogens (primary N) is 1. The van der Waals surface area contributed by atoms with Gasteiger partial charge in [-0.05, 0) is 49.2 Å². The lowest BCUT2D eigenvalue weighted by Crippen LogP contribution is -2.39. The van der Waals surface area contributed by atoms with Crippen molar-refractivity contribution in [3.05, 3.63) is 57.9 Å². The second-order valence-corrected chi connectivity index (χ2v) is 9.43. The van der Waals surface area contributed by atoms with Crippen LogP contribution in [0.3, 0.4) is 0 Å². The molecule has 0 aromatic heterocycles. The number of carbonyl (C=O) groups is 1. The van der Waals surface area contributed by atoms with Crippen LogP contribution in [0.25, 0.3) is 0 Å². The minimum absolute atomic E-state index is 0.0937. The molecule has 1 aromatic rings. The molecule has 1 atom stereocenters. The Morgan fingerprint density at radius 3 is 2.86 bits per heavy atom. The Kier molecular flexibility index (Phi) is 10.2. The SMILES string of the molecule is C=NC1=C(/C(=N\COC)N2CCCN=C(/C=C(\N)C(=O)N(C)C)C2)COC(c2cccc(C)c2CC)C1. The van der Waals surface area contributed by atoms with Crippen molar-refractivity contribution in [1.29, 1.82) is 0 Å². The van der Waals surface area contributed by atoms with Crippen molar-refractivity contribution in [3.63, 3.8) is 0 Å². The average Bonchev–Trinajstić information content (AvgIpc) is 3.13. The van der Waals surface area contributed by atoms with E-state index in [1.807, 2.05) is 0 Å². The summed E-state index contributed by atoms with van der Waals surface area (Å²) in [6.45, 7) is 10.6. The third-order valence-corrected chi connectivity index (χ3v) is 6.64. The molecule has 0 bridgehead atoms. The van der Waals surface area contributed by atoms with Crippen LogP contribution in [-0.4, -0.2) is 88.1 Å². The molecular weight excluding hydrogens is 468 g/mol. The van der Waals surface area contributed by atoms with Crippen LogP contribution < -0.4 is 5.73 Å². The van der Waals surface area contributed by atoms with Crippen LogP contribution in [0.15, 0.2) is 56.2 Å². The number of ether oxygens (including phenoxy) is 2. The monoisotopic (exact) mass is 508 g/mol. The van der Waals surface area contributed by atoms with Gasteiger partial charge in [0.05, 0.1) is 36.4 Å². The van der Waals surface area contributed by atoms with Crippen LogP contribution in [0.4, 0.5) is 0 Å². The number of aliphatic imine (C=N–C) groups is 3. The van der Waals surface area contributed by atoms with E-state index in [4.69, 9.17) is 20.2 Å². The summed E-state index contributed by atoms with van der Waals surface area (Å²) < 4.78 is 11.7. The molecule has 0 saturated carbocycles. The highest BCUT2D eigenvalue weighted by Crippen LogP contribution is 2.36. The molecule has 0 saturated heterocycles. The Bertz CT molecular complexity index is 1120. The number of likely N-dealkylation sites (N-methyl/N-ethyl adjacent to an activating group) is 1. The lowest BCUT2D eigenvalue weighted by atomic mass is 9.91. The van der Waals surface area contributed by atoms with Gasteiger partial charge >= 0.3 is 0 Å². The summed E-state index contributed by atoms with van der Waals surface area (Å²) in [5, 5.41) is 0. The van der Waals surface area contributed by atoms with E-state index in [0.717, 1.165) is 42.2 Å². The average molecular weight is 509 g/mol. The Morgan fingerprint density at radius 2 is 2.19 bits per heavy atom. The van der Waals surface area contributed by atoms with Crippen LogP contribution in [0.2, 0.25) is 0 Å². The van der Waals surface area contributed by atoms with Gasteiger partial charge in [0, 0.05) is 46.3 Å². The fourth-order valence-electron chi connectivity index (χ4n) is 4.78. The molecule has 0 fully saturated rings. The highest BCUT2D eigenvalue weighted by Gasteiger charge is 2.30. The summed E-state index contributed by atoms with van der Waals surface area (Å²) in [4.78, 5) is 29.7. The zero-order chi connectivity index (χ0) is 26.9. The normalized spacial score (nSPS) is 19.4. The molecule has 0 aliphatic carbocycles. The molecule has 200 valence electrons. The molecule has 2 aliphatic heterocycles. The van der Waals surface area contributed by atoms with E-state index in [0.29, 0.717) is 26.1 Å². The Hall–Kier alpha value is -3.30. The zero-order valence-corrected chi connectivity index (χ0v) is 22.8. The Balaban J connectivity index is 1.93. The number of nitrogens with zero attached hydrogens (tertiary/aromatic N) is 5. The number of hydrogen-bond donors (Lipinski definition) is 1. The summed E-state index contributed by atoms with van der Waals surface area (Å²) >= 11 is 0. The molecule has 0 radical (unpaired) electrons. The maximum Gasteiger partial charge on any atom is 0.269 e. The summed E-state index contributed by atoms with van der Waals surface area (Å²) in [6.07, 6.45) is 3.96. The van der Waals surface area contributed by atoms with Gasteiger partial charge in [-0.25, -0.2) is 4.99 Å². The molecule has 1 unspecified atom stereocenters. The van der Waals surface area contributed by atoms with Gasteiger partial charge in [0.15, 0.2) is 0 Å². The number of rotatable bonds is 8. The summed E-state index contributed by atoms with van der Waals surface area (Å²) in [5.74, 6) is 0.505. The van der Waals surface area contributed by atoms with Crippen molar-refractivity contribution in [2.24, 2.45) is 20.7 Å². The number of methoxy groups -OCH3 is 1. The number of aryl methyl sites for hydroxylation is 1. The van der Waals surface area contributed by atoms with Crippen molar-refractivity contribution < 1.29 is 14.3 Å². The Labute approximate surface area is 220 Å². The number of carbonyl (C=O) groups excluding carboxylic acids is 1. The van der Waals surface area contributed by atoms with Crippen molar-refractivity contribution in [2.75, 3.05) is 54.2 Å². The molecule has 0 spiro atoms. The van der Waals surface area contributed by atoms with E-state index in [-0.39, 0.29) is 24.4 Å². The third-order valence-electron chi connectivity index (χ3n) is 6.64. The smallest absolute Gasteiger partial charge is 0.269 e. The lowest BCUT2D eigenvalue weighted by molar-refractivity contribution is -0.124. The predicted octanol–water partition coefficient (Wildman–Crippen LogP) is 3.05. The minimum Gasteiger partial charge on any atom is -0.394 e. The quantitative estimate of drug-likeness (QED) is 0.330. The first-order chi connectivity index (χ1) is 17.8.